The zero-order valence-electron chi connectivity index (χ0n) is 9.61. The van der Waals surface area contributed by atoms with E-state index in [2.05, 4.69) is 0 Å². The molecule has 1 atom stereocenters. The number of carboxylic acid groups (broad SMARTS) is 1. The van der Waals surface area contributed by atoms with Crippen molar-refractivity contribution in [3.8, 4) is 0 Å². The maximum atomic E-state index is 11.3. The molecule has 1 N–H and O–H groups in total. The Labute approximate surface area is 95.9 Å². The Morgan fingerprint density at radius 1 is 1.38 bits per heavy atom. The van der Waals surface area contributed by atoms with Gasteiger partial charge in [-0.15, -0.1) is 0 Å². The summed E-state index contributed by atoms with van der Waals surface area (Å²) in [5.74, 6) is -0.399. The van der Waals surface area contributed by atoms with Crippen LogP contribution in [-0.2, 0) is 14.3 Å². The number of hydrogen-bond donors (Lipinski definition) is 1. The van der Waals surface area contributed by atoms with Crippen LogP contribution in [0.5, 0.6) is 0 Å². The minimum atomic E-state index is -0.902. The molecule has 0 bridgehead atoms. The Hall–Kier alpha value is -0.610. The van der Waals surface area contributed by atoms with Gasteiger partial charge in [0, 0.05) is 12.5 Å². The summed E-state index contributed by atoms with van der Waals surface area (Å²) >= 11 is 0. The summed E-state index contributed by atoms with van der Waals surface area (Å²) in [6.07, 6.45) is 5.38. The van der Waals surface area contributed by atoms with Crippen LogP contribution in [0.1, 0.15) is 38.5 Å². The predicted octanol–water partition coefficient (Wildman–Crippen LogP) is 1.83. The summed E-state index contributed by atoms with van der Waals surface area (Å²) in [5, 5.41) is 9.31. The van der Waals surface area contributed by atoms with Crippen LogP contribution in [0.3, 0.4) is 0 Å². The number of carbonyl (C=O) groups is 1. The first-order valence-electron chi connectivity index (χ1n) is 6.18. The highest BCUT2D eigenvalue weighted by molar-refractivity contribution is 5.77. The van der Waals surface area contributed by atoms with E-state index in [1.165, 1.54) is 0 Å². The molecule has 0 aromatic heterocycles. The molecule has 0 aromatic carbocycles. The average Bonchev–Trinajstić information content (AvgIpc) is 2.80. The Morgan fingerprint density at radius 2 is 2.12 bits per heavy atom. The second kappa shape index (κ2) is 5.15. The van der Waals surface area contributed by atoms with E-state index in [9.17, 15) is 9.90 Å². The minimum Gasteiger partial charge on any atom is -0.479 e. The summed E-state index contributed by atoms with van der Waals surface area (Å²) in [4.78, 5) is 11.3. The third-order valence-corrected chi connectivity index (χ3v) is 3.67. The van der Waals surface area contributed by atoms with Crippen molar-refractivity contribution in [2.75, 3.05) is 19.8 Å². The molecule has 1 saturated carbocycles. The second-order valence-electron chi connectivity index (χ2n) is 4.90. The van der Waals surface area contributed by atoms with Gasteiger partial charge in [0.25, 0.3) is 0 Å². The standard InChI is InChI=1S/C12H20O4/c13-11(14)12(5-2-1-3-6-12)16-9-10-4-7-15-8-10/h10H,1-9H2,(H,13,14)/t10-/m0/s1. The predicted molar refractivity (Wildman–Crippen MR) is 58.3 cm³/mol. The van der Waals surface area contributed by atoms with Gasteiger partial charge in [-0.1, -0.05) is 6.42 Å². The molecule has 2 aliphatic rings. The molecule has 0 unspecified atom stereocenters. The topological polar surface area (TPSA) is 55.8 Å². The summed E-state index contributed by atoms with van der Waals surface area (Å²) in [6.45, 7) is 2.04. The molecule has 0 amide bonds. The molecule has 2 fully saturated rings. The largest absolute Gasteiger partial charge is 0.479 e. The van der Waals surface area contributed by atoms with Crippen LogP contribution in [-0.4, -0.2) is 36.5 Å². The van der Waals surface area contributed by atoms with E-state index in [1.54, 1.807) is 0 Å². The normalized spacial score (nSPS) is 29.1. The summed E-state index contributed by atoms with van der Waals surface area (Å²) in [5.41, 5.74) is -0.902. The number of rotatable bonds is 4. The SMILES string of the molecule is O=C(O)C1(OC[C@H]2CCOC2)CCCCC1. The lowest BCUT2D eigenvalue weighted by molar-refractivity contribution is -0.172. The Balaban J connectivity index is 1.88. The molecule has 2 rings (SSSR count). The molecular weight excluding hydrogens is 208 g/mol. The molecule has 16 heavy (non-hydrogen) atoms. The first-order valence-corrected chi connectivity index (χ1v) is 6.18. The van der Waals surface area contributed by atoms with Crippen LogP contribution in [0.4, 0.5) is 0 Å². The molecule has 0 aromatic rings. The van der Waals surface area contributed by atoms with Crippen molar-refractivity contribution in [3.05, 3.63) is 0 Å². The maximum absolute atomic E-state index is 11.3. The summed E-state index contributed by atoms with van der Waals surface area (Å²) in [7, 11) is 0. The van der Waals surface area contributed by atoms with Gasteiger partial charge in [0.2, 0.25) is 0 Å². The molecule has 0 radical (unpaired) electrons. The summed E-state index contributed by atoms with van der Waals surface area (Å²) < 4.78 is 11.0. The van der Waals surface area contributed by atoms with Crippen LogP contribution in [0.15, 0.2) is 0 Å². The third kappa shape index (κ3) is 2.55. The van der Waals surface area contributed by atoms with Gasteiger partial charge in [0.05, 0.1) is 13.2 Å². The quantitative estimate of drug-likeness (QED) is 0.797. The van der Waals surface area contributed by atoms with Crippen molar-refractivity contribution in [1.82, 2.24) is 0 Å². The van der Waals surface area contributed by atoms with Crippen molar-refractivity contribution in [2.45, 2.75) is 44.1 Å². The molecule has 4 heteroatoms. The maximum Gasteiger partial charge on any atom is 0.335 e. The Morgan fingerprint density at radius 3 is 2.69 bits per heavy atom. The number of hydrogen-bond acceptors (Lipinski definition) is 3. The number of aliphatic carboxylic acids is 1. The lowest BCUT2D eigenvalue weighted by Gasteiger charge is -2.33. The van der Waals surface area contributed by atoms with Crippen molar-refractivity contribution in [3.63, 3.8) is 0 Å². The molecule has 1 aliphatic carbocycles. The van der Waals surface area contributed by atoms with Crippen molar-refractivity contribution >= 4 is 5.97 Å². The van der Waals surface area contributed by atoms with E-state index in [4.69, 9.17) is 9.47 Å². The van der Waals surface area contributed by atoms with Crippen LogP contribution in [0.2, 0.25) is 0 Å². The number of carboxylic acids is 1. The van der Waals surface area contributed by atoms with Crippen LogP contribution < -0.4 is 0 Å². The second-order valence-corrected chi connectivity index (χ2v) is 4.90. The lowest BCUT2D eigenvalue weighted by Crippen LogP contribution is -2.44. The van der Waals surface area contributed by atoms with Gasteiger partial charge in [-0.3, -0.25) is 0 Å². The van der Waals surface area contributed by atoms with Crippen LogP contribution in [0.25, 0.3) is 0 Å². The van der Waals surface area contributed by atoms with E-state index >= 15 is 0 Å². The van der Waals surface area contributed by atoms with E-state index in [0.717, 1.165) is 38.9 Å². The van der Waals surface area contributed by atoms with Crippen LogP contribution in [0, 0.1) is 5.92 Å². The van der Waals surface area contributed by atoms with Gasteiger partial charge in [0.15, 0.2) is 5.60 Å². The molecule has 92 valence electrons. The summed E-state index contributed by atoms with van der Waals surface area (Å²) in [6, 6.07) is 0. The first kappa shape index (κ1) is 11.9. The smallest absolute Gasteiger partial charge is 0.335 e. The van der Waals surface area contributed by atoms with E-state index in [-0.39, 0.29) is 0 Å². The fourth-order valence-electron chi connectivity index (χ4n) is 2.53. The molecule has 0 spiro atoms. The highest BCUT2D eigenvalue weighted by Gasteiger charge is 2.41. The average molecular weight is 228 g/mol. The first-order chi connectivity index (χ1) is 7.73. The van der Waals surface area contributed by atoms with Gasteiger partial charge in [-0.05, 0) is 32.1 Å². The zero-order chi connectivity index (χ0) is 11.4. The zero-order valence-corrected chi connectivity index (χ0v) is 9.61. The molecule has 1 heterocycles. The number of ether oxygens (including phenoxy) is 2. The minimum absolute atomic E-state index is 0.387. The van der Waals surface area contributed by atoms with Crippen LogP contribution >= 0.6 is 0 Å². The van der Waals surface area contributed by atoms with Gasteiger partial charge in [-0.2, -0.15) is 0 Å². The van der Waals surface area contributed by atoms with E-state index < -0.39 is 11.6 Å². The fourth-order valence-corrected chi connectivity index (χ4v) is 2.53. The molecule has 1 aliphatic heterocycles. The molecular formula is C12H20O4. The van der Waals surface area contributed by atoms with Gasteiger partial charge in [0.1, 0.15) is 0 Å². The molecule has 1 saturated heterocycles. The van der Waals surface area contributed by atoms with E-state index in [1.807, 2.05) is 0 Å². The Kier molecular flexibility index (Phi) is 3.82. The highest BCUT2D eigenvalue weighted by atomic mass is 16.5. The van der Waals surface area contributed by atoms with Gasteiger partial charge < -0.3 is 14.6 Å². The van der Waals surface area contributed by atoms with E-state index in [0.29, 0.717) is 25.4 Å². The monoisotopic (exact) mass is 228 g/mol. The lowest BCUT2D eigenvalue weighted by atomic mass is 9.84. The van der Waals surface area contributed by atoms with Gasteiger partial charge in [-0.25, -0.2) is 4.79 Å². The third-order valence-electron chi connectivity index (χ3n) is 3.67. The van der Waals surface area contributed by atoms with Gasteiger partial charge >= 0.3 is 5.97 Å². The van der Waals surface area contributed by atoms with Crippen molar-refractivity contribution < 1.29 is 19.4 Å². The van der Waals surface area contributed by atoms with Crippen molar-refractivity contribution in [1.29, 1.82) is 0 Å². The Bertz CT molecular complexity index is 239. The fraction of sp³-hybridized carbons (Fsp3) is 0.917. The molecule has 4 nitrogen and oxygen atoms in total. The van der Waals surface area contributed by atoms with Crippen molar-refractivity contribution in [2.24, 2.45) is 5.92 Å². The highest BCUT2D eigenvalue weighted by Crippen LogP contribution is 2.32.